The summed E-state index contributed by atoms with van der Waals surface area (Å²) in [7, 11) is 0. The molecule has 1 fully saturated rings. The van der Waals surface area contributed by atoms with Gasteiger partial charge in [0, 0.05) is 30.9 Å². The van der Waals surface area contributed by atoms with Crippen LogP contribution < -0.4 is 16.0 Å². The molecule has 3 rings (SSSR count). The number of hydrogen-bond donors (Lipinski definition) is 3. The summed E-state index contributed by atoms with van der Waals surface area (Å²) in [4.78, 5) is 14.2. The molecule has 140 valence electrons. The van der Waals surface area contributed by atoms with E-state index in [-0.39, 0.29) is 12.1 Å². The summed E-state index contributed by atoms with van der Waals surface area (Å²) in [5.41, 5.74) is 9.54. The van der Waals surface area contributed by atoms with Crippen molar-refractivity contribution in [3.63, 3.8) is 0 Å². The fourth-order valence-electron chi connectivity index (χ4n) is 3.17. The lowest BCUT2D eigenvalue weighted by atomic mass is 10.0. The second-order valence-corrected chi connectivity index (χ2v) is 7.65. The Morgan fingerprint density at radius 2 is 2.04 bits per heavy atom. The molecule has 0 radical (unpaired) electrons. The van der Waals surface area contributed by atoms with Gasteiger partial charge in [-0.3, -0.25) is 5.10 Å². The number of nitrogens with zero attached hydrogens (tertiary/aromatic N) is 2. The Balaban J connectivity index is 1.57. The second kappa shape index (κ2) is 7.27. The topological polar surface area (TPSA) is 96.3 Å². The van der Waals surface area contributed by atoms with Gasteiger partial charge in [-0.15, -0.1) is 0 Å². The molecule has 0 bridgehead atoms. The summed E-state index contributed by atoms with van der Waals surface area (Å²) >= 11 is 0. The predicted octanol–water partition coefficient (Wildman–Crippen LogP) is 3.15. The van der Waals surface area contributed by atoms with Crippen molar-refractivity contribution in [3.05, 3.63) is 30.5 Å². The van der Waals surface area contributed by atoms with Crippen LogP contribution in [0.15, 0.2) is 30.5 Å². The zero-order chi connectivity index (χ0) is 18.7. The number of anilines is 2. The first-order chi connectivity index (χ1) is 12.3. The lowest BCUT2D eigenvalue weighted by molar-refractivity contribution is 0.0497. The Morgan fingerprint density at radius 3 is 2.62 bits per heavy atom. The van der Waals surface area contributed by atoms with E-state index in [1.54, 1.807) is 6.20 Å². The number of carbonyl (C=O) groups excluding carboxylic acids is 1. The molecule has 1 aliphatic heterocycles. The number of amides is 1. The molecule has 0 unspecified atom stereocenters. The van der Waals surface area contributed by atoms with Gasteiger partial charge in [0.1, 0.15) is 5.60 Å². The number of H-pyrrole nitrogens is 1. The van der Waals surface area contributed by atoms with Crippen LogP contribution in [0.1, 0.15) is 33.6 Å². The van der Waals surface area contributed by atoms with Crippen LogP contribution >= 0.6 is 0 Å². The van der Waals surface area contributed by atoms with Crippen molar-refractivity contribution in [1.29, 1.82) is 0 Å². The number of nitrogen functional groups attached to an aromatic ring is 1. The van der Waals surface area contributed by atoms with Crippen molar-refractivity contribution in [2.24, 2.45) is 0 Å². The number of aromatic amines is 1. The highest BCUT2D eigenvalue weighted by Crippen LogP contribution is 2.30. The number of aromatic nitrogens is 2. The first-order valence-electron chi connectivity index (χ1n) is 8.95. The Morgan fingerprint density at radius 1 is 1.31 bits per heavy atom. The van der Waals surface area contributed by atoms with E-state index in [0.717, 1.165) is 48.6 Å². The quantitative estimate of drug-likeness (QED) is 0.733. The number of alkyl carbamates (subject to hydrolysis) is 1. The molecule has 2 heterocycles. The van der Waals surface area contributed by atoms with Gasteiger partial charge in [-0.05, 0) is 51.8 Å². The number of rotatable bonds is 3. The highest BCUT2D eigenvalue weighted by atomic mass is 16.6. The maximum Gasteiger partial charge on any atom is 0.407 e. The SMILES string of the molecule is CC(C)(C)OC(=O)NC1CCN(c2ccc(-c3ccn[nH]3)cc2N)CC1. The van der Waals surface area contributed by atoms with Crippen LogP contribution in [-0.2, 0) is 4.74 Å². The van der Waals surface area contributed by atoms with Gasteiger partial charge in [0.2, 0.25) is 0 Å². The normalized spacial score (nSPS) is 15.7. The van der Waals surface area contributed by atoms with Gasteiger partial charge in [0.15, 0.2) is 0 Å². The summed E-state index contributed by atoms with van der Waals surface area (Å²) < 4.78 is 5.33. The van der Waals surface area contributed by atoms with Crippen molar-refractivity contribution >= 4 is 17.5 Å². The molecule has 4 N–H and O–H groups in total. The van der Waals surface area contributed by atoms with Crippen molar-refractivity contribution in [2.75, 3.05) is 23.7 Å². The molecule has 0 spiro atoms. The number of piperidine rings is 1. The Kier molecular flexibility index (Phi) is 5.06. The van der Waals surface area contributed by atoms with Crippen LogP contribution in [0.4, 0.5) is 16.2 Å². The molecule has 7 nitrogen and oxygen atoms in total. The fourth-order valence-corrected chi connectivity index (χ4v) is 3.17. The summed E-state index contributed by atoms with van der Waals surface area (Å²) in [5, 5.41) is 9.88. The number of nitrogens with two attached hydrogens (primary N) is 1. The molecule has 1 aliphatic rings. The average Bonchev–Trinajstić information content (AvgIpc) is 3.08. The van der Waals surface area contributed by atoms with E-state index < -0.39 is 5.60 Å². The van der Waals surface area contributed by atoms with E-state index >= 15 is 0 Å². The molecular formula is C19H27N5O2. The van der Waals surface area contributed by atoms with Gasteiger partial charge in [0.25, 0.3) is 0 Å². The lowest BCUT2D eigenvalue weighted by Crippen LogP contribution is -2.46. The Labute approximate surface area is 153 Å². The number of hydrogen-bond acceptors (Lipinski definition) is 5. The predicted molar refractivity (Wildman–Crippen MR) is 103 cm³/mol. The molecule has 1 aromatic heterocycles. The minimum atomic E-state index is -0.477. The van der Waals surface area contributed by atoms with E-state index in [9.17, 15) is 4.79 Å². The third kappa shape index (κ3) is 4.47. The van der Waals surface area contributed by atoms with Gasteiger partial charge in [0.05, 0.1) is 17.1 Å². The molecule has 0 atom stereocenters. The monoisotopic (exact) mass is 357 g/mol. The largest absolute Gasteiger partial charge is 0.444 e. The molecular weight excluding hydrogens is 330 g/mol. The fraction of sp³-hybridized carbons (Fsp3) is 0.474. The second-order valence-electron chi connectivity index (χ2n) is 7.65. The standard InChI is InChI=1S/C19H27N5O2/c1-19(2,3)26-18(25)22-14-7-10-24(11-8-14)17-5-4-13(12-15(17)20)16-6-9-21-23-16/h4-6,9,12,14H,7-8,10-11,20H2,1-3H3,(H,21,23)(H,22,25). The van der Waals surface area contributed by atoms with Crippen LogP contribution in [0.3, 0.4) is 0 Å². The van der Waals surface area contributed by atoms with Crippen molar-refractivity contribution in [1.82, 2.24) is 15.5 Å². The zero-order valence-corrected chi connectivity index (χ0v) is 15.6. The molecule has 0 saturated carbocycles. The molecule has 0 aliphatic carbocycles. The smallest absolute Gasteiger partial charge is 0.407 e. The average molecular weight is 357 g/mol. The third-order valence-electron chi connectivity index (χ3n) is 4.40. The van der Waals surface area contributed by atoms with Crippen molar-refractivity contribution < 1.29 is 9.53 Å². The number of carbonyl (C=O) groups is 1. The van der Waals surface area contributed by atoms with Crippen LogP contribution in [0.2, 0.25) is 0 Å². The first-order valence-corrected chi connectivity index (χ1v) is 8.95. The molecule has 2 aromatic rings. The van der Waals surface area contributed by atoms with Gasteiger partial charge >= 0.3 is 6.09 Å². The van der Waals surface area contributed by atoms with Gasteiger partial charge in [-0.1, -0.05) is 6.07 Å². The van der Waals surface area contributed by atoms with Crippen LogP contribution in [0.25, 0.3) is 11.3 Å². The zero-order valence-electron chi connectivity index (χ0n) is 15.6. The Bertz CT molecular complexity index is 744. The van der Waals surface area contributed by atoms with Crippen molar-refractivity contribution in [3.8, 4) is 11.3 Å². The molecule has 1 saturated heterocycles. The molecule has 1 amide bonds. The maximum atomic E-state index is 11.9. The van der Waals surface area contributed by atoms with E-state index in [1.807, 2.05) is 45.0 Å². The van der Waals surface area contributed by atoms with Gasteiger partial charge < -0.3 is 20.7 Å². The first kappa shape index (κ1) is 18.1. The maximum absolute atomic E-state index is 11.9. The Hall–Kier alpha value is -2.70. The highest BCUT2D eigenvalue weighted by Gasteiger charge is 2.24. The number of ether oxygens (including phenoxy) is 1. The number of benzene rings is 1. The van der Waals surface area contributed by atoms with Gasteiger partial charge in [-0.25, -0.2) is 4.79 Å². The highest BCUT2D eigenvalue weighted by molar-refractivity contribution is 5.75. The molecule has 7 heteroatoms. The van der Waals surface area contributed by atoms with E-state index in [4.69, 9.17) is 10.5 Å². The van der Waals surface area contributed by atoms with E-state index in [0.29, 0.717) is 0 Å². The van der Waals surface area contributed by atoms with Crippen molar-refractivity contribution in [2.45, 2.75) is 45.3 Å². The summed E-state index contributed by atoms with van der Waals surface area (Å²) in [6.45, 7) is 7.28. The van der Waals surface area contributed by atoms with Crippen LogP contribution in [0.5, 0.6) is 0 Å². The van der Waals surface area contributed by atoms with E-state index in [2.05, 4.69) is 20.4 Å². The minimum absolute atomic E-state index is 0.131. The number of nitrogens with one attached hydrogen (secondary N) is 2. The van der Waals surface area contributed by atoms with Crippen LogP contribution in [-0.4, -0.2) is 41.0 Å². The molecule has 1 aromatic carbocycles. The molecule has 26 heavy (non-hydrogen) atoms. The minimum Gasteiger partial charge on any atom is -0.444 e. The van der Waals surface area contributed by atoms with Crippen LogP contribution in [0, 0.1) is 0 Å². The lowest BCUT2D eigenvalue weighted by Gasteiger charge is -2.35. The van der Waals surface area contributed by atoms with E-state index in [1.165, 1.54) is 0 Å². The summed E-state index contributed by atoms with van der Waals surface area (Å²) in [5.74, 6) is 0. The summed E-state index contributed by atoms with van der Waals surface area (Å²) in [6.07, 6.45) is 3.10. The third-order valence-corrected chi connectivity index (χ3v) is 4.40. The summed E-state index contributed by atoms with van der Waals surface area (Å²) in [6, 6.07) is 8.11. The van der Waals surface area contributed by atoms with Gasteiger partial charge in [-0.2, -0.15) is 5.10 Å².